The number of rotatable bonds is 4. The van der Waals surface area contributed by atoms with E-state index in [1.807, 2.05) is 6.07 Å². The first kappa shape index (κ1) is 13.6. The Balaban J connectivity index is 2.91. The van der Waals surface area contributed by atoms with Gasteiger partial charge in [-0.3, -0.25) is 0 Å². The predicted molar refractivity (Wildman–Crippen MR) is 74.2 cm³/mol. The summed E-state index contributed by atoms with van der Waals surface area (Å²) in [7, 11) is 1.67. The van der Waals surface area contributed by atoms with Gasteiger partial charge in [-0.15, -0.1) is 0 Å². The summed E-state index contributed by atoms with van der Waals surface area (Å²) in [5.41, 5.74) is 2.39. The summed E-state index contributed by atoms with van der Waals surface area (Å²) in [6.45, 7) is 12.6. The van der Waals surface area contributed by atoms with Crippen LogP contribution in [0.5, 0.6) is 0 Å². The molecule has 0 fully saturated rings. The van der Waals surface area contributed by atoms with Crippen LogP contribution in [-0.4, -0.2) is 13.2 Å². The van der Waals surface area contributed by atoms with E-state index < -0.39 is 0 Å². The molecule has 1 N–H and O–H groups in total. The van der Waals surface area contributed by atoms with Crippen molar-refractivity contribution in [1.29, 1.82) is 0 Å². The van der Waals surface area contributed by atoms with E-state index in [-0.39, 0.29) is 11.5 Å². The third-order valence-electron chi connectivity index (χ3n) is 2.78. The SMILES string of the molecule is C=C(OC)C(Nc1cccc(C)c1)C(C)(C)C. The van der Waals surface area contributed by atoms with E-state index in [0.29, 0.717) is 0 Å². The van der Waals surface area contributed by atoms with Gasteiger partial charge in [0.2, 0.25) is 0 Å². The van der Waals surface area contributed by atoms with Crippen molar-refractivity contribution < 1.29 is 4.74 Å². The second kappa shape index (κ2) is 5.26. The number of anilines is 1. The number of ether oxygens (including phenoxy) is 1. The van der Waals surface area contributed by atoms with Crippen LogP contribution in [0, 0.1) is 12.3 Å². The standard InChI is InChI=1S/C15H23NO/c1-11-8-7-9-13(10-11)16-14(12(2)17-6)15(3,4)5/h7-10,14,16H,2H2,1,3-6H3. The van der Waals surface area contributed by atoms with E-state index >= 15 is 0 Å². The van der Waals surface area contributed by atoms with Gasteiger partial charge in [0.05, 0.1) is 13.2 Å². The Kier molecular flexibility index (Phi) is 4.22. The van der Waals surface area contributed by atoms with Gasteiger partial charge in [0.15, 0.2) is 0 Å². The van der Waals surface area contributed by atoms with Gasteiger partial charge in [-0.25, -0.2) is 0 Å². The fraction of sp³-hybridized carbons (Fsp3) is 0.467. The Labute approximate surface area is 105 Å². The lowest BCUT2D eigenvalue weighted by Gasteiger charge is -2.33. The van der Waals surface area contributed by atoms with Crippen LogP contribution in [0.1, 0.15) is 26.3 Å². The summed E-state index contributed by atoms with van der Waals surface area (Å²) < 4.78 is 5.28. The number of hydrogen-bond donors (Lipinski definition) is 1. The van der Waals surface area contributed by atoms with E-state index in [9.17, 15) is 0 Å². The van der Waals surface area contributed by atoms with Crippen LogP contribution in [0.15, 0.2) is 36.6 Å². The molecule has 0 saturated carbocycles. The van der Waals surface area contributed by atoms with Crippen LogP contribution < -0.4 is 5.32 Å². The van der Waals surface area contributed by atoms with Gasteiger partial charge < -0.3 is 10.1 Å². The van der Waals surface area contributed by atoms with E-state index in [1.165, 1.54) is 5.56 Å². The van der Waals surface area contributed by atoms with Crippen LogP contribution >= 0.6 is 0 Å². The van der Waals surface area contributed by atoms with Crippen molar-refractivity contribution in [2.45, 2.75) is 33.7 Å². The number of methoxy groups -OCH3 is 1. The summed E-state index contributed by atoms with van der Waals surface area (Å²) in [5.74, 6) is 0.763. The smallest absolute Gasteiger partial charge is 0.111 e. The third-order valence-corrected chi connectivity index (χ3v) is 2.78. The van der Waals surface area contributed by atoms with E-state index in [4.69, 9.17) is 4.74 Å². The molecule has 17 heavy (non-hydrogen) atoms. The van der Waals surface area contributed by atoms with Crippen molar-refractivity contribution >= 4 is 5.69 Å². The second-order valence-electron chi connectivity index (χ2n) is 5.48. The Morgan fingerprint density at radius 1 is 1.35 bits per heavy atom. The Morgan fingerprint density at radius 2 is 2.00 bits per heavy atom. The van der Waals surface area contributed by atoms with Crippen molar-refractivity contribution in [2.24, 2.45) is 5.41 Å². The fourth-order valence-electron chi connectivity index (χ4n) is 1.80. The van der Waals surface area contributed by atoms with Crippen molar-refractivity contribution in [3.63, 3.8) is 0 Å². The molecule has 0 amide bonds. The highest BCUT2D eigenvalue weighted by molar-refractivity contribution is 5.47. The van der Waals surface area contributed by atoms with Gasteiger partial charge in [0.25, 0.3) is 0 Å². The lowest BCUT2D eigenvalue weighted by Crippen LogP contribution is -2.36. The quantitative estimate of drug-likeness (QED) is 0.794. The highest BCUT2D eigenvalue weighted by Gasteiger charge is 2.27. The molecule has 0 aliphatic carbocycles. The molecule has 0 radical (unpaired) electrons. The summed E-state index contributed by atoms with van der Waals surface area (Å²) in [5, 5.41) is 3.49. The van der Waals surface area contributed by atoms with Gasteiger partial charge in [0, 0.05) is 5.69 Å². The molecule has 0 aromatic heterocycles. The van der Waals surface area contributed by atoms with Crippen LogP contribution in [0.25, 0.3) is 0 Å². The molecule has 2 nitrogen and oxygen atoms in total. The lowest BCUT2D eigenvalue weighted by atomic mass is 9.85. The average molecular weight is 233 g/mol. The molecule has 1 aromatic carbocycles. The summed E-state index contributed by atoms with van der Waals surface area (Å²) in [4.78, 5) is 0. The van der Waals surface area contributed by atoms with Crippen molar-refractivity contribution in [3.05, 3.63) is 42.2 Å². The van der Waals surface area contributed by atoms with Gasteiger partial charge in [-0.05, 0) is 30.0 Å². The molecule has 0 spiro atoms. The Bertz CT molecular complexity index is 390. The molecule has 94 valence electrons. The van der Waals surface area contributed by atoms with Gasteiger partial charge in [-0.2, -0.15) is 0 Å². The lowest BCUT2D eigenvalue weighted by molar-refractivity contribution is 0.222. The predicted octanol–water partition coefficient (Wildman–Crippen LogP) is 3.98. The number of aryl methyl sites for hydroxylation is 1. The molecular formula is C15H23NO. The molecule has 0 saturated heterocycles. The van der Waals surface area contributed by atoms with Crippen LogP contribution in [-0.2, 0) is 4.74 Å². The maximum atomic E-state index is 5.28. The maximum Gasteiger partial charge on any atom is 0.111 e. The van der Waals surface area contributed by atoms with Gasteiger partial charge in [0.1, 0.15) is 5.76 Å². The van der Waals surface area contributed by atoms with Crippen molar-refractivity contribution in [1.82, 2.24) is 0 Å². The van der Waals surface area contributed by atoms with Crippen LogP contribution in [0.4, 0.5) is 5.69 Å². The third kappa shape index (κ3) is 3.81. The summed E-state index contributed by atoms with van der Waals surface area (Å²) >= 11 is 0. The summed E-state index contributed by atoms with van der Waals surface area (Å²) in [6.07, 6.45) is 0. The van der Waals surface area contributed by atoms with Crippen LogP contribution in [0.2, 0.25) is 0 Å². The van der Waals surface area contributed by atoms with E-state index in [2.05, 4.69) is 57.8 Å². The van der Waals surface area contributed by atoms with Gasteiger partial charge in [-0.1, -0.05) is 39.5 Å². The van der Waals surface area contributed by atoms with E-state index in [0.717, 1.165) is 11.4 Å². The topological polar surface area (TPSA) is 21.3 Å². The molecule has 2 heteroatoms. The van der Waals surface area contributed by atoms with Crippen molar-refractivity contribution in [2.75, 3.05) is 12.4 Å². The summed E-state index contributed by atoms with van der Waals surface area (Å²) in [6, 6.07) is 8.42. The minimum absolute atomic E-state index is 0.0524. The molecule has 0 aliphatic heterocycles. The molecule has 0 aliphatic rings. The largest absolute Gasteiger partial charge is 0.500 e. The monoisotopic (exact) mass is 233 g/mol. The second-order valence-corrected chi connectivity index (χ2v) is 5.48. The minimum Gasteiger partial charge on any atom is -0.500 e. The zero-order valence-corrected chi connectivity index (χ0v) is 11.5. The normalized spacial score (nSPS) is 13.0. The first-order valence-corrected chi connectivity index (χ1v) is 5.90. The van der Waals surface area contributed by atoms with E-state index in [1.54, 1.807) is 7.11 Å². The van der Waals surface area contributed by atoms with Crippen molar-refractivity contribution in [3.8, 4) is 0 Å². The number of benzene rings is 1. The molecular weight excluding hydrogens is 210 g/mol. The minimum atomic E-state index is 0.0524. The first-order chi connectivity index (χ1) is 7.84. The Hall–Kier alpha value is -1.44. The molecule has 0 bridgehead atoms. The molecule has 1 rings (SSSR count). The molecule has 1 atom stereocenters. The number of nitrogens with one attached hydrogen (secondary N) is 1. The molecule has 1 aromatic rings. The Morgan fingerprint density at radius 3 is 2.47 bits per heavy atom. The first-order valence-electron chi connectivity index (χ1n) is 5.90. The zero-order chi connectivity index (χ0) is 13.1. The fourth-order valence-corrected chi connectivity index (χ4v) is 1.80. The highest BCUT2D eigenvalue weighted by atomic mass is 16.5. The maximum absolute atomic E-state index is 5.28. The van der Waals surface area contributed by atoms with Gasteiger partial charge >= 0.3 is 0 Å². The highest BCUT2D eigenvalue weighted by Crippen LogP contribution is 2.28. The molecule has 1 unspecified atom stereocenters. The average Bonchev–Trinajstić information content (AvgIpc) is 2.23. The molecule has 0 heterocycles. The van der Waals surface area contributed by atoms with Crippen LogP contribution in [0.3, 0.4) is 0 Å². The number of hydrogen-bond acceptors (Lipinski definition) is 2. The zero-order valence-electron chi connectivity index (χ0n) is 11.5.